The van der Waals surface area contributed by atoms with E-state index in [9.17, 15) is 8.42 Å². The maximum atomic E-state index is 11.5. The summed E-state index contributed by atoms with van der Waals surface area (Å²) >= 11 is 0. The van der Waals surface area contributed by atoms with Gasteiger partial charge in [-0.1, -0.05) is 6.92 Å². The van der Waals surface area contributed by atoms with Gasteiger partial charge < -0.3 is 9.73 Å². The standard InChI is InChI=1S/C13H22N2O3S/c1-3-14-8-12-4-5-13(18-12)9-15(2)11-6-7-19(16,17)10-11/h4-5,11,14H,3,6-10H2,1-2H3. The highest BCUT2D eigenvalue weighted by Gasteiger charge is 2.30. The van der Waals surface area contributed by atoms with Crippen molar-refractivity contribution >= 4 is 9.84 Å². The van der Waals surface area contributed by atoms with Crippen LogP contribution in [-0.2, 0) is 22.9 Å². The van der Waals surface area contributed by atoms with Gasteiger partial charge in [-0.2, -0.15) is 0 Å². The number of sulfone groups is 1. The molecule has 1 aromatic rings. The van der Waals surface area contributed by atoms with Crippen LogP contribution >= 0.6 is 0 Å². The molecule has 6 heteroatoms. The molecule has 0 radical (unpaired) electrons. The molecule has 0 aromatic carbocycles. The lowest BCUT2D eigenvalue weighted by molar-refractivity contribution is 0.231. The van der Waals surface area contributed by atoms with Gasteiger partial charge in [0.2, 0.25) is 0 Å². The fraction of sp³-hybridized carbons (Fsp3) is 0.692. The summed E-state index contributed by atoms with van der Waals surface area (Å²) in [4.78, 5) is 2.07. The number of nitrogens with one attached hydrogen (secondary N) is 1. The molecule has 2 heterocycles. The second-order valence-electron chi connectivity index (χ2n) is 5.12. The summed E-state index contributed by atoms with van der Waals surface area (Å²) in [5.74, 6) is 2.39. The maximum absolute atomic E-state index is 11.5. The third-order valence-corrected chi connectivity index (χ3v) is 5.25. The molecule has 1 aromatic heterocycles. The predicted molar refractivity (Wildman–Crippen MR) is 74.6 cm³/mol. The minimum atomic E-state index is -2.82. The number of furan rings is 1. The van der Waals surface area contributed by atoms with Crippen LogP contribution in [0.3, 0.4) is 0 Å². The first kappa shape index (κ1) is 14.6. The van der Waals surface area contributed by atoms with E-state index in [1.807, 2.05) is 19.2 Å². The molecule has 1 atom stereocenters. The summed E-state index contributed by atoms with van der Waals surface area (Å²) in [5, 5.41) is 3.21. The number of hydrogen-bond donors (Lipinski definition) is 1. The molecule has 1 N–H and O–H groups in total. The van der Waals surface area contributed by atoms with E-state index in [0.717, 1.165) is 31.0 Å². The highest BCUT2D eigenvalue weighted by atomic mass is 32.2. The van der Waals surface area contributed by atoms with Gasteiger partial charge in [0.1, 0.15) is 11.5 Å². The van der Waals surface area contributed by atoms with Crippen molar-refractivity contribution in [3.05, 3.63) is 23.7 Å². The molecule has 19 heavy (non-hydrogen) atoms. The van der Waals surface area contributed by atoms with E-state index >= 15 is 0 Å². The SMILES string of the molecule is CCNCc1ccc(CN(C)C2CCS(=O)(=O)C2)o1. The summed E-state index contributed by atoms with van der Waals surface area (Å²) in [7, 11) is -0.865. The fourth-order valence-corrected chi connectivity index (χ4v) is 4.15. The summed E-state index contributed by atoms with van der Waals surface area (Å²) in [5.41, 5.74) is 0. The molecule has 1 aliphatic rings. The van der Waals surface area contributed by atoms with Crippen LogP contribution < -0.4 is 5.32 Å². The van der Waals surface area contributed by atoms with E-state index in [2.05, 4.69) is 17.1 Å². The lowest BCUT2D eigenvalue weighted by atomic mass is 10.2. The van der Waals surface area contributed by atoms with Crippen molar-refractivity contribution < 1.29 is 12.8 Å². The zero-order valence-corrected chi connectivity index (χ0v) is 12.4. The molecule has 2 rings (SSSR count). The lowest BCUT2D eigenvalue weighted by Crippen LogP contribution is -2.31. The molecule has 0 aliphatic carbocycles. The highest BCUT2D eigenvalue weighted by molar-refractivity contribution is 7.91. The Labute approximate surface area is 114 Å². The molecular weight excluding hydrogens is 264 g/mol. The first-order valence-corrected chi connectivity index (χ1v) is 8.51. The van der Waals surface area contributed by atoms with Crippen molar-refractivity contribution in [2.24, 2.45) is 0 Å². The zero-order chi connectivity index (χ0) is 13.9. The maximum Gasteiger partial charge on any atom is 0.151 e. The summed E-state index contributed by atoms with van der Waals surface area (Å²) in [6, 6.07) is 4.05. The van der Waals surface area contributed by atoms with E-state index in [4.69, 9.17) is 4.42 Å². The molecule has 0 spiro atoms. The van der Waals surface area contributed by atoms with Crippen molar-refractivity contribution in [3.8, 4) is 0 Å². The minimum absolute atomic E-state index is 0.118. The van der Waals surface area contributed by atoms with E-state index in [1.165, 1.54) is 0 Å². The third kappa shape index (κ3) is 4.06. The Morgan fingerprint density at radius 2 is 2.16 bits per heavy atom. The quantitative estimate of drug-likeness (QED) is 0.845. The molecule has 1 fully saturated rings. The van der Waals surface area contributed by atoms with Crippen LogP contribution in [0, 0.1) is 0 Å². The lowest BCUT2D eigenvalue weighted by Gasteiger charge is -2.21. The Bertz CT molecular complexity index is 510. The van der Waals surface area contributed by atoms with Crippen LogP contribution in [0.4, 0.5) is 0 Å². The Hall–Kier alpha value is -0.850. The molecule has 108 valence electrons. The Kier molecular flexibility index (Phi) is 4.65. The smallest absolute Gasteiger partial charge is 0.151 e. The Morgan fingerprint density at radius 3 is 2.79 bits per heavy atom. The second kappa shape index (κ2) is 6.07. The van der Waals surface area contributed by atoms with Crippen LogP contribution in [0.2, 0.25) is 0 Å². The van der Waals surface area contributed by atoms with Crippen molar-refractivity contribution in [3.63, 3.8) is 0 Å². The van der Waals surface area contributed by atoms with Gasteiger partial charge in [0.15, 0.2) is 9.84 Å². The molecule has 0 bridgehead atoms. The molecular formula is C13H22N2O3S. The van der Waals surface area contributed by atoms with Crippen LogP contribution in [-0.4, -0.2) is 44.5 Å². The first-order valence-electron chi connectivity index (χ1n) is 6.69. The first-order chi connectivity index (χ1) is 9.00. The van der Waals surface area contributed by atoms with Crippen LogP contribution in [0.15, 0.2) is 16.5 Å². The average Bonchev–Trinajstić information content (AvgIpc) is 2.93. The monoisotopic (exact) mass is 286 g/mol. The summed E-state index contributed by atoms with van der Waals surface area (Å²) in [6.07, 6.45) is 0.726. The molecule has 1 aliphatic heterocycles. The molecule has 1 unspecified atom stereocenters. The van der Waals surface area contributed by atoms with Gasteiger partial charge >= 0.3 is 0 Å². The van der Waals surface area contributed by atoms with Gasteiger partial charge in [-0.05, 0) is 32.1 Å². The minimum Gasteiger partial charge on any atom is -0.463 e. The predicted octanol–water partition coefficient (Wildman–Crippen LogP) is 1.01. The highest BCUT2D eigenvalue weighted by Crippen LogP contribution is 2.19. The third-order valence-electron chi connectivity index (χ3n) is 3.50. The van der Waals surface area contributed by atoms with Gasteiger partial charge in [-0.25, -0.2) is 8.42 Å². The van der Waals surface area contributed by atoms with Crippen molar-refractivity contribution in [1.29, 1.82) is 0 Å². The van der Waals surface area contributed by atoms with Crippen molar-refractivity contribution in [2.75, 3.05) is 25.1 Å². The number of nitrogens with zero attached hydrogens (tertiary/aromatic N) is 1. The molecule has 5 nitrogen and oxygen atoms in total. The van der Waals surface area contributed by atoms with Crippen LogP contribution in [0.5, 0.6) is 0 Å². The van der Waals surface area contributed by atoms with E-state index in [0.29, 0.717) is 12.3 Å². The normalized spacial score (nSPS) is 22.2. The molecule has 0 saturated carbocycles. The van der Waals surface area contributed by atoms with Gasteiger partial charge in [0.05, 0.1) is 24.6 Å². The van der Waals surface area contributed by atoms with E-state index in [-0.39, 0.29) is 11.8 Å². The summed E-state index contributed by atoms with van der Waals surface area (Å²) < 4.78 is 28.6. The molecule has 0 amide bonds. The Balaban J connectivity index is 1.88. The van der Waals surface area contributed by atoms with Crippen LogP contribution in [0.25, 0.3) is 0 Å². The van der Waals surface area contributed by atoms with E-state index < -0.39 is 9.84 Å². The van der Waals surface area contributed by atoms with Gasteiger partial charge in [-0.15, -0.1) is 0 Å². The second-order valence-corrected chi connectivity index (χ2v) is 7.35. The van der Waals surface area contributed by atoms with Gasteiger partial charge in [0.25, 0.3) is 0 Å². The molecule has 1 saturated heterocycles. The Morgan fingerprint density at radius 1 is 1.42 bits per heavy atom. The number of hydrogen-bond acceptors (Lipinski definition) is 5. The fourth-order valence-electron chi connectivity index (χ4n) is 2.35. The number of rotatable bonds is 6. The van der Waals surface area contributed by atoms with Gasteiger partial charge in [0, 0.05) is 6.04 Å². The summed E-state index contributed by atoms with van der Waals surface area (Å²) in [6.45, 7) is 4.36. The van der Waals surface area contributed by atoms with Gasteiger partial charge in [-0.3, -0.25) is 4.90 Å². The largest absolute Gasteiger partial charge is 0.463 e. The van der Waals surface area contributed by atoms with Crippen molar-refractivity contribution in [1.82, 2.24) is 10.2 Å². The van der Waals surface area contributed by atoms with Crippen LogP contribution in [0.1, 0.15) is 24.9 Å². The van der Waals surface area contributed by atoms with Crippen molar-refractivity contribution in [2.45, 2.75) is 32.5 Å². The topological polar surface area (TPSA) is 62.6 Å². The zero-order valence-electron chi connectivity index (χ0n) is 11.6. The van der Waals surface area contributed by atoms with E-state index in [1.54, 1.807) is 0 Å². The average molecular weight is 286 g/mol.